The Morgan fingerprint density at radius 2 is 1.65 bits per heavy atom. The van der Waals surface area contributed by atoms with Crippen molar-refractivity contribution in [3.05, 3.63) is 63.5 Å². The van der Waals surface area contributed by atoms with Gasteiger partial charge in [-0.3, -0.25) is 4.79 Å². The van der Waals surface area contributed by atoms with Gasteiger partial charge in [-0.05, 0) is 49.1 Å². The SMILES string of the molecule is O=c1c(-c2ccc(Cl)cc2)coc2c(C[NH+]3CCCCC3)c(O)ccc12.[O-][Cl+3]([O-])([O-])O. The van der Waals surface area contributed by atoms with Gasteiger partial charge in [0.15, 0.2) is 0 Å². The first-order valence-electron chi connectivity index (χ1n) is 9.62. The Balaban J connectivity index is 0.000000491. The average molecular weight is 471 g/mol. The topological polar surface area (TPSA) is 144 Å². The number of benzene rings is 2. The molecule has 31 heavy (non-hydrogen) atoms. The fraction of sp³-hybridized carbons (Fsp3) is 0.286. The maximum atomic E-state index is 13.0. The molecule has 1 aliphatic heterocycles. The Hall–Kier alpha value is -2.17. The van der Waals surface area contributed by atoms with Gasteiger partial charge >= 0.3 is 0 Å². The molecule has 0 radical (unpaired) electrons. The van der Waals surface area contributed by atoms with Crippen molar-refractivity contribution < 1.29 is 43.3 Å². The van der Waals surface area contributed by atoms with E-state index < -0.39 is 10.2 Å². The van der Waals surface area contributed by atoms with Crippen LogP contribution in [0.5, 0.6) is 5.75 Å². The molecule has 2 heterocycles. The van der Waals surface area contributed by atoms with Gasteiger partial charge in [-0.1, -0.05) is 23.7 Å². The highest BCUT2D eigenvalue weighted by Crippen LogP contribution is 2.28. The van der Waals surface area contributed by atoms with Crippen molar-refractivity contribution in [2.75, 3.05) is 13.1 Å². The Morgan fingerprint density at radius 1 is 1.03 bits per heavy atom. The van der Waals surface area contributed by atoms with E-state index in [0.717, 1.165) is 24.2 Å². The highest BCUT2D eigenvalue weighted by Gasteiger charge is 2.21. The molecule has 0 unspecified atom stereocenters. The number of aromatic hydroxyl groups is 1. The summed E-state index contributed by atoms with van der Waals surface area (Å²) >= 11 is 5.93. The van der Waals surface area contributed by atoms with Crippen molar-refractivity contribution >= 4 is 22.6 Å². The number of phenols is 1. The third kappa shape index (κ3) is 6.41. The number of rotatable bonds is 3. The van der Waals surface area contributed by atoms with Gasteiger partial charge in [0.1, 0.15) is 24.1 Å². The average Bonchev–Trinajstić information content (AvgIpc) is 2.71. The second kappa shape index (κ2) is 9.97. The van der Waals surface area contributed by atoms with Crippen molar-refractivity contribution in [3.63, 3.8) is 0 Å². The summed E-state index contributed by atoms with van der Waals surface area (Å²) in [5.74, 6) is 0.193. The predicted molar refractivity (Wildman–Crippen MR) is 105 cm³/mol. The van der Waals surface area contributed by atoms with E-state index in [1.807, 2.05) is 0 Å². The number of halogens is 2. The van der Waals surface area contributed by atoms with Crippen LogP contribution in [0.4, 0.5) is 0 Å². The monoisotopic (exact) mass is 470 g/mol. The van der Waals surface area contributed by atoms with Crippen LogP contribution in [0.3, 0.4) is 0 Å². The summed E-state index contributed by atoms with van der Waals surface area (Å²) in [6, 6.07) is 10.4. The Morgan fingerprint density at radius 3 is 2.26 bits per heavy atom. The van der Waals surface area contributed by atoms with Crippen LogP contribution >= 0.6 is 11.6 Å². The molecule has 10 heteroatoms. The molecular formula is C21H22Cl2NO7+. The van der Waals surface area contributed by atoms with E-state index in [1.165, 1.54) is 30.4 Å². The van der Waals surface area contributed by atoms with Gasteiger partial charge in [-0.2, -0.15) is 14.0 Å². The van der Waals surface area contributed by atoms with Crippen molar-refractivity contribution in [1.82, 2.24) is 0 Å². The Kier molecular flexibility index (Phi) is 7.55. The second-order valence-corrected chi connectivity index (χ2v) is 8.54. The molecule has 4 rings (SSSR count). The molecule has 0 spiro atoms. The van der Waals surface area contributed by atoms with Crippen LogP contribution < -0.4 is 24.3 Å². The lowest BCUT2D eigenvalue weighted by Gasteiger charge is -2.24. The molecule has 1 fully saturated rings. The summed E-state index contributed by atoms with van der Waals surface area (Å²) < 4.78 is 38.6. The number of hydrogen-bond donors (Lipinski definition) is 3. The number of likely N-dealkylation sites (tertiary alicyclic amines) is 1. The van der Waals surface area contributed by atoms with Gasteiger partial charge in [-0.25, -0.2) is 0 Å². The molecule has 0 saturated carbocycles. The lowest BCUT2D eigenvalue weighted by molar-refractivity contribution is -1.92. The van der Waals surface area contributed by atoms with Gasteiger partial charge in [0, 0.05) is 5.02 Å². The smallest absolute Gasteiger partial charge is 0.200 e. The third-order valence-electron chi connectivity index (χ3n) is 5.16. The minimum absolute atomic E-state index is 0.0940. The van der Waals surface area contributed by atoms with E-state index in [9.17, 15) is 9.90 Å². The summed E-state index contributed by atoms with van der Waals surface area (Å²) in [5.41, 5.74) is 2.38. The molecular weight excluding hydrogens is 449 g/mol. The van der Waals surface area contributed by atoms with E-state index in [-0.39, 0.29) is 11.2 Å². The number of quaternary nitrogens is 1. The van der Waals surface area contributed by atoms with Gasteiger partial charge in [0.05, 0.1) is 44.5 Å². The van der Waals surface area contributed by atoms with Gasteiger partial charge in [0.25, 0.3) is 0 Å². The second-order valence-electron chi connectivity index (χ2n) is 7.31. The summed E-state index contributed by atoms with van der Waals surface area (Å²) in [6.07, 6.45) is 5.16. The molecule has 1 aliphatic rings. The quantitative estimate of drug-likeness (QED) is 0.457. The Labute approximate surface area is 185 Å². The lowest BCUT2D eigenvalue weighted by Crippen LogP contribution is -3.11. The van der Waals surface area contributed by atoms with E-state index in [0.29, 0.717) is 28.1 Å². The molecule has 0 amide bonds. The van der Waals surface area contributed by atoms with E-state index in [1.54, 1.807) is 36.4 Å². The molecule has 1 saturated heterocycles. The first kappa shape index (κ1) is 23.5. The maximum Gasteiger partial charge on any atom is 0.200 e. The maximum absolute atomic E-state index is 13.0. The van der Waals surface area contributed by atoms with Crippen LogP contribution in [0.25, 0.3) is 22.1 Å². The summed E-state index contributed by atoms with van der Waals surface area (Å²) in [4.78, 5) is 14.4. The molecule has 1 aromatic heterocycles. The van der Waals surface area contributed by atoms with Crippen molar-refractivity contribution in [3.8, 4) is 16.9 Å². The van der Waals surface area contributed by atoms with Gasteiger partial charge in [0.2, 0.25) is 5.43 Å². The summed E-state index contributed by atoms with van der Waals surface area (Å²) in [6.45, 7) is 2.85. The minimum Gasteiger partial charge on any atom is -0.507 e. The third-order valence-corrected chi connectivity index (χ3v) is 5.41. The van der Waals surface area contributed by atoms with Crippen LogP contribution in [-0.4, -0.2) is 22.9 Å². The van der Waals surface area contributed by atoms with Crippen molar-refractivity contribution in [1.29, 1.82) is 0 Å². The molecule has 3 aromatic rings. The molecule has 3 N–H and O–H groups in total. The highest BCUT2D eigenvalue weighted by atomic mass is 35.7. The zero-order valence-electron chi connectivity index (χ0n) is 16.5. The Bertz CT molecular complexity index is 1080. The fourth-order valence-corrected chi connectivity index (χ4v) is 3.85. The number of hydrogen-bond acceptors (Lipinski definition) is 7. The highest BCUT2D eigenvalue weighted by molar-refractivity contribution is 6.30. The van der Waals surface area contributed by atoms with Crippen LogP contribution in [0.15, 0.2) is 51.9 Å². The largest absolute Gasteiger partial charge is 0.507 e. The molecule has 0 aliphatic carbocycles. The summed E-state index contributed by atoms with van der Waals surface area (Å²) in [5, 5.41) is 11.5. The molecule has 8 nitrogen and oxygen atoms in total. The van der Waals surface area contributed by atoms with Crippen LogP contribution in [0.2, 0.25) is 5.02 Å². The number of phenolic OH excluding ortho intramolecular Hbond substituents is 1. The fourth-order valence-electron chi connectivity index (χ4n) is 3.73. The minimum atomic E-state index is -4.69. The first-order chi connectivity index (χ1) is 14.6. The predicted octanol–water partition coefficient (Wildman–Crippen LogP) is -0.736. The molecule has 166 valence electrons. The van der Waals surface area contributed by atoms with Crippen molar-refractivity contribution in [2.45, 2.75) is 25.8 Å². The standard InChI is InChI=1S/C21H20ClNO3.ClHO4/c22-15-6-4-14(5-7-15)18-13-26-21-16(20(18)25)8-9-19(24)17(21)12-23-10-2-1-3-11-23;2-1(3,4)5/h4-9,13,24H,1-3,10-12H2;(H,2,3,4,5)/p+1. The van der Waals surface area contributed by atoms with E-state index >= 15 is 0 Å². The molecule has 0 bridgehead atoms. The van der Waals surface area contributed by atoms with Gasteiger partial charge in [-0.15, -0.1) is 0 Å². The van der Waals surface area contributed by atoms with Crippen LogP contribution in [0, 0.1) is 10.2 Å². The zero-order chi connectivity index (χ0) is 22.6. The van der Waals surface area contributed by atoms with Gasteiger partial charge < -0.3 is 14.4 Å². The number of fused-ring (bicyclic) bond motifs is 1. The molecule has 0 atom stereocenters. The normalized spacial score (nSPS) is 14.9. The zero-order valence-corrected chi connectivity index (χ0v) is 18.0. The number of nitrogens with one attached hydrogen (secondary N) is 1. The summed E-state index contributed by atoms with van der Waals surface area (Å²) in [7, 11) is -4.69. The van der Waals surface area contributed by atoms with Crippen LogP contribution in [0.1, 0.15) is 24.8 Å². The van der Waals surface area contributed by atoms with Crippen LogP contribution in [-0.2, 0) is 6.54 Å². The lowest BCUT2D eigenvalue weighted by atomic mass is 10.0. The number of piperidine rings is 1. The van der Waals surface area contributed by atoms with Crippen molar-refractivity contribution in [2.24, 2.45) is 0 Å². The van der Waals surface area contributed by atoms with E-state index in [4.69, 9.17) is 34.7 Å². The molecule has 2 aromatic carbocycles. The van der Waals surface area contributed by atoms with E-state index in [2.05, 4.69) is 0 Å². The first-order valence-corrected chi connectivity index (χ1v) is 11.3.